The van der Waals surface area contributed by atoms with E-state index in [1.165, 1.54) is 7.11 Å². The molecule has 2 aromatic heterocycles. The number of rotatable bonds is 4. The van der Waals surface area contributed by atoms with Gasteiger partial charge in [-0.1, -0.05) is 18.2 Å². The number of ether oxygens (including phenoxy) is 3. The first kappa shape index (κ1) is 19.1. The van der Waals surface area contributed by atoms with Crippen LogP contribution in [0.15, 0.2) is 29.1 Å². The molecule has 0 amide bonds. The maximum absolute atomic E-state index is 12.4. The number of carbonyl (C=O) groups is 2. The number of aromatic amines is 1. The lowest BCUT2D eigenvalue weighted by atomic mass is 9.97. The van der Waals surface area contributed by atoms with Gasteiger partial charge >= 0.3 is 11.9 Å². The second kappa shape index (κ2) is 7.67. The van der Waals surface area contributed by atoms with Gasteiger partial charge in [0.1, 0.15) is 34.5 Å². The van der Waals surface area contributed by atoms with Gasteiger partial charge in [-0.05, 0) is 30.5 Å². The minimum Gasteiger partial charge on any atom is -0.492 e. The molecule has 0 saturated heterocycles. The Hall–Kier alpha value is -3.20. The maximum Gasteiger partial charge on any atom is 0.348 e. The normalized spacial score (nSPS) is 15.4. The van der Waals surface area contributed by atoms with Crippen molar-refractivity contribution >= 4 is 33.5 Å². The van der Waals surface area contributed by atoms with Gasteiger partial charge < -0.3 is 19.2 Å². The number of esters is 2. The van der Waals surface area contributed by atoms with Crippen LogP contribution in [0, 0.1) is 12.8 Å². The Morgan fingerprint density at radius 3 is 2.93 bits per heavy atom. The van der Waals surface area contributed by atoms with Crippen molar-refractivity contribution in [1.82, 2.24) is 9.97 Å². The molecule has 1 N–H and O–H groups in total. The van der Waals surface area contributed by atoms with Crippen LogP contribution in [0.5, 0.6) is 5.75 Å². The van der Waals surface area contributed by atoms with E-state index in [9.17, 15) is 14.4 Å². The number of benzene rings is 1. The van der Waals surface area contributed by atoms with Gasteiger partial charge in [0.15, 0.2) is 0 Å². The van der Waals surface area contributed by atoms with Gasteiger partial charge in [0.05, 0.1) is 18.4 Å². The third kappa shape index (κ3) is 3.61. The number of H-pyrrole nitrogens is 1. The predicted octanol–water partition coefficient (Wildman–Crippen LogP) is 2.37. The molecule has 150 valence electrons. The predicted molar refractivity (Wildman–Crippen MR) is 105 cm³/mol. The molecule has 0 radical (unpaired) electrons. The number of hydrogen-bond donors (Lipinski definition) is 1. The standard InChI is InChI=1S/C20H18N2O6S/c1-10-15-17(23)21-14(22-18(15)29-16(10)20(25)26-2)9-28-19(24)12-7-11-5-3-4-6-13(11)27-8-12/h3-6,12H,7-9H2,1-2H3,(H,21,22,23)/t12-/m1/s1. The summed E-state index contributed by atoms with van der Waals surface area (Å²) in [6.45, 7) is 1.74. The molecule has 4 rings (SSSR count). The van der Waals surface area contributed by atoms with Crippen LogP contribution in [0.4, 0.5) is 0 Å². The number of thiophene rings is 1. The highest BCUT2D eigenvalue weighted by Gasteiger charge is 2.27. The zero-order chi connectivity index (χ0) is 20.5. The molecule has 8 nitrogen and oxygen atoms in total. The number of aryl methyl sites for hydroxylation is 1. The lowest BCUT2D eigenvalue weighted by Crippen LogP contribution is -2.30. The van der Waals surface area contributed by atoms with Gasteiger partial charge in [-0.15, -0.1) is 11.3 Å². The van der Waals surface area contributed by atoms with Crippen molar-refractivity contribution in [1.29, 1.82) is 0 Å². The summed E-state index contributed by atoms with van der Waals surface area (Å²) < 4.78 is 15.7. The highest BCUT2D eigenvalue weighted by Crippen LogP contribution is 2.29. The average Bonchev–Trinajstić information content (AvgIpc) is 3.07. The Bertz CT molecular complexity index is 1170. The van der Waals surface area contributed by atoms with Crippen molar-refractivity contribution in [2.24, 2.45) is 5.92 Å². The van der Waals surface area contributed by atoms with E-state index in [4.69, 9.17) is 14.2 Å². The summed E-state index contributed by atoms with van der Waals surface area (Å²) in [6.07, 6.45) is 0.532. The van der Waals surface area contributed by atoms with Crippen LogP contribution < -0.4 is 10.3 Å². The molecule has 1 aliphatic heterocycles. The second-order valence-electron chi connectivity index (χ2n) is 6.67. The smallest absolute Gasteiger partial charge is 0.348 e. The Balaban J connectivity index is 1.49. The summed E-state index contributed by atoms with van der Waals surface area (Å²) in [5.41, 5.74) is 1.09. The fourth-order valence-electron chi connectivity index (χ4n) is 3.28. The van der Waals surface area contributed by atoms with E-state index < -0.39 is 17.9 Å². The van der Waals surface area contributed by atoms with Gasteiger partial charge in [0.2, 0.25) is 0 Å². The molecule has 0 bridgehead atoms. The van der Waals surface area contributed by atoms with Crippen LogP contribution in [0.2, 0.25) is 0 Å². The summed E-state index contributed by atoms with van der Waals surface area (Å²) in [6, 6.07) is 7.56. The van der Waals surface area contributed by atoms with Crippen molar-refractivity contribution in [2.45, 2.75) is 20.0 Å². The molecule has 1 aromatic carbocycles. The zero-order valence-corrected chi connectivity index (χ0v) is 16.6. The van der Waals surface area contributed by atoms with E-state index in [0.717, 1.165) is 22.6 Å². The molecular formula is C20H18N2O6S. The molecular weight excluding hydrogens is 396 g/mol. The summed E-state index contributed by atoms with van der Waals surface area (Å²) >= 11 is 1.07. The molecule has 3 aromatic rings. The number of methoxy groups -OCH3 is 1. The van der Waals surface area contributed by atoms with Crippen molar-refractivity contribution in [2.75, 3.05) is 13.7 Å². The number of fused-ring (bicyclic) bond motifs is 2. The Morgan fingerprint density at radius 1 is 1.34 bits per heavy atom. The molecule has 0 unspecified atom stereocenters. The molecule has 0 fully saturated rings. The molecule has 0 aliphatic carbocycles. The van der Waals surface area contributed by atoms with Crippen LogP contribution in [0.25, 0.3) is 10.2 Å². The first-order valence-electron chi connectivity index (χ1n) is 8.96. The minimum absolute atomic E-state index is 0.174. The highest BCUT2D eigenvalue weighted by atomic mass is 32.1. The van der Waals surface area contributed by atoms with Crippen LogP contribution in [0.1, 0.15) is 26.6 Å². The monoisotopic (exact) mass is 414 g/mol. The number of nitrogens with one attached hydrogen (secondary N) is 1. The molecule has 1 aliphatic rings. The molecule has 9 heteroatoms. The molecule has 0 saturated carbocycles. The van der Waals surface area contributed by atoms with Gasteiger partial charge in [-0.3, -0.25) is 9.59 Å². The number of nitrogens with zero attached hydrogens (tertiary/aromatic N) is 1. The van der Waals surface area contributed by atoms with E-state index in [-0.39, 0.29) is 24.6 Å². The number of carbonyl (C=O) groups excluding carboxylic acids is 2. The third-order valence-electron chi connectivity index (χ3n) is 4.78. The van der Waals surface area contributed by atoms with Gasteiger partial charge in [-0.25, -0.2) is 9.78 Å². The first-order valence-corrected chi connectivity index (χ1v) is 9.77. The fourth-order valence-corrected chi connectivity index (χ4v) is 4.40. The Labute approximate surface area is 169 Å². The average molecular weight is 414 g/mol. The second-order valence-corrected chi connectivity index (χ2v) is 7.67. The summed E-state index contributed by atoms with van der Waals surface area (Å²) in [7, 11) is 1.28. The largest absolute Gasteiger partial charge is 0.492 e. The van der Waals surface area contributed by atoms with Crippen LogP contribution >= 0.6 is 11.3 Å². The van der Waals surface area contributed by atoms with E-state index in [0.29, 0.717) is 27.1 Å². The summed E-state index contributed by atoms with van der Waals surface area (Å²) in [4.78, 5) is 44.4. The third-order valence-corrected chi connectivity index (χ3v) is 5.95. The van der Waals surface area contributed by atoms with E-state index >= 15 is 0 Å². The molecule has 29 heavy (non-hydrogen) atoms. The topological polar surface area (TPSA) is 108 Å². The van der Waals surface area contributed by atoms with Crippen LogP contribution in [-0.2, 0) is 27.3 Å². The Kier molecular flexibility index (Phi) is 5.06. The first-order chi connectivity index (χ1) is 14.0. The minimum atomic E-state index is -0.518. The van der Waals surface area contributed by atoms with Crippen molar-refractivity contribution < 1.29 is 23.8 Å². The quantitative estimate of drug-likeness (QED) is 0.653. The Morgan fingerprint density at radius 2 is 2.14 bits per heavy atom. The lowest BCUT2D eigenvalue weighted by molar-refractivity contribution is -0.151. The van der Waals surface area contributed by atoms with Gasteiger partial charge in [0, 0.05) is 0 Å². The highest BCUT2D eigenvalue weighted by molar-refractivity contribution is 7.20. The lowest BCUT2D eigenvalue weighted by Gasteiger charge is -2.23. The fraction of sp³-hybridized carbons (Fsp3) is 0.300. The van der Waals surface area contributed by atoms with Gasteiger partial charge in [0.25, 0.3) is 5.56 Å². The number of para-hydroxylation sites is 1. The summed E-state index contributed by atoms with van der Waals surface area (Å²) in [5, 5.41) is 0.336. The molecule has 1 atom stereocenters. The van der Waals surface area contributed by atoms with Crippen molar-refractivity contribution in [3.63, 3.8) is 0 Å². The number of hydrogen-bond acceptors (Lipinski definition) is 8. The maximum atomic E-state index is 12.4. The van der Waals surface area contributed by atoms with Gasteiger partial charge in [-0.2, -0.15) is 0 Å². The summed E-state index contributed by atoms with van der Waals surface area (Å²) in [5.74, 6) is -0.362. The van der Waals surface area contributed by atoms with Crippen molar-refractivity contribution in [3.05, 3.63) is 56.4 Å². The van der Waals surface area contributed by atoms with E-state index in [1.807, 2.05) is 24.3 Å². The van der Waals surface area contributed by atoms with Crippen LogP contribution in [0.3, 0.4) is 0 Å². The molecule has 0 spiro atoms. The van der Waals surface area contributed by atoms with E-state index in [2.05, 4.69) is 9.97 Å². The number of aromatic nitrogens is 2. The van der Waals surface area contributed by atoms with Crippen LogP contribution in [-0.4, -0.2) is 35.6 Å². The van der Waals surface area contributed by atoms with Crippen molar-refractivity contribution in [3.8, 4) is 5.75 Å². The SMILES string of the molecule is COC(=O)c1sc2nc(COC(=O)[C@H]3COc4ccccc4C3)[nH]c(=O)c2c1C. The molecule has 3 heterocycles. The zero-order valence-electron chi connectivity index (χ0n) is 15.8. The van der Waals surface area contributed by atoms with E-state index in [1.54, 1.807) is 6.92 Å².